The van der Waals surface area contributed by atoms with Crippen molar-refractivity contribution < 1.29 is 9.13 Å². The van der Waals surface area contributed by atoms with Gasteiger partial charge in [-0.15, -0.1) is 6.58 Å². The molecule has 100 valence electrons. The van der Waals surface area contributed by atoms with Gasteiger partial charge >= 0.3 is 0 Å². The van der Waals surface area contributed by atoms with Gasteiger partial charge in [-0.3, -0.25) is 0 Å². The fourth-order valence-corrected chi connectivity index (χ4v) is 1.65. The topological polar surface area (TPSA) is 35.2 Å². The smallest absolute Gasteiger partial charge is 0.165 e. The van der Waals surface area contributed by atoms with Crippen molar-refractivity contribution in [3.63, 3.8) is 0 Å². The van der Waals surface area contributed by atoms with E-state index >= 15 is 0 Å². The van der Waals surface area contributed by atoms with E-state index < -0.39 is 0 Å². The van der Waals surface area contributed by atoms with E-state index in [1.54, 1.807) is 6.07 Å². The predicted molar refractivity (Wildman–Crippen MR) is 73.3 cm³/mol. The highest BCUT2D eigenvalue weighted by Gasteiger charge is 2.07. The zero-order valence-electron chi connectivity index (χ0n) is 11.0. The van der Waals surface area contributed by atoms with E-state index in [-0.39, 0.29) is 11.9 Å². The van der Waals surface area contributed by atoms with Gasteiger partial charge in [-0.2, -0.15) is 0 Å². The molecule has 0 bridgehead atoms. The van der Waals surface area contributed by atoms with E-state index in [2.05, 4.69) is 6.58 Å². The average molecular weight is 251 g/mol. The highest BCUT2D eigenvalue weighted by molar-refractivity contribution is 5.29. The molecule has 1 atom stereocenters. The van der Waals surface area contributed by atoms with Crippen LogP contribution in [0, 0.1) is 5.82 Å². The molecule has 0 saturated heterocycles. The SMILES string of the molecule is C=CCCCOc1ccc(CC(N)CC)cc1F. The summed E-state index contributed by atoms with van der Waals surface area (Å²) in [5.74, 6) is 0.00212. The van der Waals surface area contributed by atoms with E-state index in [1.165, 1.54) is 6.07 Å². The molecule has 1 unspecified atom stereocenters. The first-order chi connectivity index (χ1) is 8.67. The van der Waals surface area contributed by atoms with Gasteiger partial charge in [0, 0.05) is 6.04 Å². The van der Waals surface area contributed by atoms with Gasteiger partial charge in [0.05, 0.1) is 6.61 Å². The summed E-state index contributed by atoms with van der Waals surface area (Å²) in [6.07, 6.45) is 5.15. The number of hydrogen-bond acceptors (Lipinski definition) is 2. The van der Waals surface area contributed by atoms with Crippen LogP contribution in [0.15, 0.2) is 30.9 Å². The number of ether oxygens (including phenoxy) is 1. The predicted octanol–water partition coefficient (Wildman–Crippen LogP) is 3.45. The third kappa shape index (κ3) is 4.88. The minimum absolute atomic E-state index is 0.0868. The van der Waals surface area contributed by atoms with Crippen molar-refractivity contribution in [3.05, 3.63) is 42.2 Å². The molecular formula is C15H22FNO. The van der Waals surface area contributed by atoms with Gasteiger partial charge in [-0.25, -0.2) is 4.39 Å². The largest absolute Gasteiger partial charge is 0.491 e. The van der Waals surface area contributed by atoms with Crippen LogP contribution in [-0.4, -0.2) is 12.6 Å². The van der Waals surface area contributed by atoms with Crippen LogP contribution in [0.1, 0.15) is 31.7 Å². The second-order valence-electron chi connectivity index (χ2n) is 4.42. The number of benzene rings is 1. The van der Waals surface area contributed by atoms with Crippen molar-refractivity contribution in [3.8, 4) is 5.75 Å². The molecule has 0 fully saturated rings. The summed E-state index contributed by atoms with van der Waals surface area (Å²) >= 11 is 0. The zero-order chi connectivity index (χ0) is 13.4. The van der Waals surface area contributed by atoms with Gasteiger partial charge in [-0.05, 0) is 43.4 Å². The molecule has 1 aromatic carbocycles. The number of unbranched alkanes of at least 4 members (excludes halogenated alkanes) is 1. The lowest BCUT2D eigenvalue weighted by molar-refractivity contribution is 0.296. The lowest BCUT2D eigenvalue weighted by atomic mass is 10.0. The molecule has 1 aromatic rings. The van der Waals surface area contributed by atoms with E-state index in [0.717, 1.165) is 24.8 Å². The quantitative estimate of drug-likeness (QED) is 0.567. The molecule has 0 aliphatic carbocycles. The minimum Gasteiger partial charge on any atom is -0.491 e. The van der Waals surface area contributed by atoms with Crippen LogP contribution in [0.2, 0.25) is 0 Å². The molecule has 0 radical (unpaired) electrons. The van der Waals surface area contributed by atoms with Crippen LogP contribution >= 0.6 is 0 Å². The Hall–Kier alpha value is -1.35. The van der Waals surface area contributed by atoms with Gasteiger partial charge in [0.25, 0.3) is 0 Å². The third-order valence-electron chi connectivity index (χ3n) is 2.83. The lowest BCUT2D eigenvalue weighted by Crippen LogP contribution is -2.21. The maximum atomic E-state index is 13.7. The highest BCUT2D eigenvalue weighted by Crippen LogP contribution is 2.19. The summed E-state index contributed by atoms with van der Waals surface area (Å²) in [5.41, 5.74) is 6.76. The molecule has 0 saturated carbocycles. The Morgan fingerprint density at radius 2 is 2.28 bits per heavy atom. The molecule has 0 aliphatic rings. The van der Waals surface area contributed by atoms with Crippen molar-refractivity contribution in [1.82, 2.24) is 0 Å². The Morgan fingerprint density at radius 1 is 1.50 bits per heavy atom. The first-order valence-corrected chi connectivity index (χ1v) is 6.45. The van der Waals surface area contributed by atoms with Crippen LogP contribution in [0.4, 0.5) is 4.39 Å². The Balaban J connectivity index is 2.53. The summed E-state index contributed by atoms with van der Waals surface area (Å²) in [7, 11) is 0. The Kier molecular flexibility index (Phi) is 6.44. The molecule has 2 nitrogen and oxygen atoms in total. The third-order valence-corrected chi connectivity index (χ3v) is 2.83. The first-order valence-electron chi connectivity index (χ1n) is 6.45. The standard InChI is InChI=1S/C15H22FNO/c1-3-5-6-9-18-15-8-7-12(11-14(15)16)10-13(17)4-2/h3,7-8,11,13H,1,4-6,9-10,17H2,2H3. The van der Waals surface area contributed by atoms with Crippen LogP contribution in [-0.2, 0) is 6.42 Å². The van der Waals surface area contributed by atoms with Gasteiger partial charge in [0.1, 0.15) is 0 Å². The number of allylic oxidation sites excluding steroid dienone is 1. The van der Waals surface area contributed by atoms with Crippen molar-refractivity contribution >= 4 is 0 Å². The monoisotopic (exact) mass is 251 g/mol. The number of halogens is 1. The summed E-state index contributed by atoms with van der Waals surface area (Å²) < 4.78 is 19.1. The molecule has 0 aliphatic heterocycles. The molecule has 0 heterocycles. The summed E-state index contributed by atoms with van der Waals surface area (Å²) in [4.78, 5) is 0. The van der Waals surface area contributed by atoms with Crippen LogP contribution in [0.5, 0.6) is 5.75 Å². The first kappa shape index (κ1) is 14.7. The van der Waals surface area contributed by atoms with Gasteiger partial charge in [-0.1, -0.05) is 19.1 Å². The second-order valence-corrected chi connectivity index (χ2v) is 4.42. The number of rotatable bonds is 8. The molecule has 1 rings (SSSR count). The summed E-state index contributed by atoms with van der Waals surface area (Å²) in [6.45, 7) is 6.17. The van der Waals surface area contributed by atoms with Crippen LogP contribution < -0.4 is 10.5 Å². The van der Waals surface area contributed by atoms with Crippen molar-refractivity contribution in [1.29, 1.82) is 0 Å². The fourth-order valence-electron chi connectivity index (χ4n) is 1.65. The Bertz CT molecular complexity index is 379. The van der Waals surface area contributed by atoms with Crippen LogP contribution in [0.3, 0.4) is 0 Å². The molecule has 2 N–H and O–H groups in total. The van der Waals surface area contributed by atoms with Gasteiger partial charge in [0.2, 0.25) is 0 Å². The zero-order valence-corrected chi connectivity index (χ0v) is 11.0. The van der Waals surface area contributed by atoms with E-state index in [1.807, 2.05) is 19.1 Å². The van der Waals surface area contributed by atoms with Crippen molar-refractivity contribution in [2.75, 3.05) is 6.61 Å². The van der Waals surface area contributed by atoms with Crippen molar-refractivity contribution in [2.45, 2.75) is 38.6 Å². The Labute approximate surface area is 109 Å². The van der Waals surface area contributed by atoms with E-state index in [9.17, 15) is 4.39 Å². The number of nitrogens with two attached hydrogens (primary N) is 1. The maximum Gasteiger partial charge on any atom is 0.165 e. The molecule has 18 heavy (non-hydrogen) atoms. The number of hydrogen-bond donors (Lipinski definition) is 1. The molecule has 0 aromatic heterocycles. The highest BCUT2D eigenvalue weighted by atomic mass is 19.1. The van der Waals surface area contributed by atoms with E-state index in [0.29, 0.717) is 18.8 Å². The summed E-state index contributed by atoms with van der Waals surface area (Å²) in [6, 6.07) is 5.16. The normalized spacial score (nSPS) is 12.2. The van der Waals surface area contributed by atoms with Crippen LogP contribution in [0.25, 0.3) is 0 Å². The lowest BCUT2D eigenvalue weighted by Gasteiger charge is -2.11. The van der Waals surface area contributed by atoms with Gasteiger partial charge in [0.15, 0.2) is 11.6 Å². The minimum atomic E-state index is -0.311. The average Bonchev–Trinajstić information content (AvgIpc) is 2.36. The molecule has 3 heteroatoms. The van der Waals surface area contributed by atoms with Gasteiger partial charge < -0.3 is 10.5 Å². The van der Waals surface area contributed by atoms with Crippen molar-refractivity contribution in [2.24, 2.45) is 5.73 Å². The Morgan fingerprint density at radius 3 is 2.89 bits per heavy atom. The molecule has 0 spiro atoms. The maximum absolute atomic E-state index is 13.7. The summed E-state index contributed by atoms with van der Waals surface area (Å²) in [5, 5.41) is 0. The molecule has 0 amide bonds. The van der Waals surface area contributed by atoms with E-state index in [4.69, 9.17) is 10.5 Å². The molecular weight excluding hydrogens is 229 g/mol. The fraction of sp³-hybridized carbons (Fsp3) is 0.467. The second kappa shape index (κ2) is 7.88.